The predicted octanol–water partition coefficient (Wildman–Crippen LogP) is 5.11. The van der Waals surface area contributed by atoms with Crippen LogP contribution in [0.25, 0.3) is 0 Å². The van der Waals surface area contributed by atoms with Crippen LogP contribution in [0, 0.1) is 37.8 Å². The summed E-state index contributed by atoms with van der Waals surface area (Å²) in [7, 11) is 0. The van der Waals surface area contributed by atoms with Gasteiger partial charge in [0.1, 0.15) is 11.4 Å². The second kappa shape index (κ2) is 9.01. The summed E-state index contributed by atoms with van der Waals surface area (Å²) in [4.78, 5) is 15.8. The van der Waals surface area contributed by atoms with Crippen LogP contribution in [0.2, 0.25) is 0 Å². The van der Waals surface area contributed by atoms with Crippen LogP contribution in [0.5, 0.6) is 11.6 Å². The maximum Gasteiger partial charge on any atom is 0.354 e. The number of aryl methyl sites for hydroxylation is 4. The molecule has 28 heavy (non-hydrogen) atoms. The number of nitro groups is 1. The smallest absolute Gasteiger partial charge is 0.354 e. The van der Waals surface area contributed by atoms with Gasteiger partial charge in [0.05, 0.1) is 11.5 Å². The van der Waals surface area contributed by atoms with Crippen molar-refractivity contribution in [2.24, 2.45) is 0 Å². The van der Waals surface area contributed by atoms with Crippen molar-refractivity contribution in [3.05, 3.63) is 50.2 Å². The fourth-order valence-electron chi connectivity index (χ4n) is 3.41. The van der Waals surface area contributed by atoms with Crippen LogP contribution in [0.1, 0.15) is 54.6 Å². The molecule has 152 valence electrons. The van der Waals surface area contributed by atoms with E-state index in [0.29, 0.717) is 17.0 Å². The van der Waals surface area contributed by atoms with Gasteiger partial charge in [0.25, 0.3) is 0 Å². The van der Waals surface area contributed by atoms with Gasteiger partial charge in [0.2, 0.25) is 0 Å². The lowest BCUT2D eigenvalue weighted by atomic mass is 10.1. The summed E-state index contributed by atoms with van der Waals surface area (Å²) in [6.07, 6.45) is 1.60. The maximum absolute atomic E-state index is 12.0. The van der Waals surface area contributed by atoms with Crippen molar-refractivity contribution in [2.75, 3.05) is 5.32 Å². The molecule has 0 aliphatic heterocycles. The zero-order chi connectivity index (χ0) is 21.0. The molecule has 1 heterocycles. The van der Waals surface area contributed by atoms with Gasteiger partial charge < -0.3 is 15.2 Å². The molecule has 0 spiro atoms. The molecule has 2 aromatic rings. The Morgan fingerprint density at radius 3 is 2.21 bits per heavy atom. The van der Waals surface area contributed by atoms with E-state index >= 15 is 0 Å². The molecule has 0 atom stereocenters. The van der Waals surface area contributed by atoms with Gasteiger partial charge in [-0.1, -0.05) is 31.5 Å². The first kappa shape index (κ1) is 21.6. The first-order chi connectivity index (χ1) is 13.2. The molecule has 0 saturated heterocycles. The van der Waals surface area contributed by atoms with Gasteiger partial charge in [-0.3, -0.25) is 10.1 Å². The Balaban J connectivity index is 2.68. The standard InChI is InChI=1S/C21H29N3O4/c1-7-16(8-2)23-18-17(11-25)15(6)22-21(19(18)24(26)27)28-20-13(4)9-12(3)10-14(20)5/h9-10,16,25H,7-8,11H2,1-6H3,(H,22,23). The van der Waals surface area contributed by atoms with Gasteiger partial charge in [0.15, 0.2) is 0 Å². The first-order valence-electron chi connectivity index (χ1n) is 9.54. The Morgan fingerprint density at radius 1 is 1.18 bits per heavy atom. The Kier molecular flexibility index (Phi) is 6.96. The number of anilines is 1. The molecule has 1 aromatic heterocycles. The number of hydrogen-bond acceptors (Lipinski definition) is 6. The highest BCUT2D eigenvalue weighted by Crippen LogP contribution is 2.41. The Hall–Kier alpha value is -2.67. The maximum atomic E-state index is 12.0. The Bertz CT molecular complexity index is 853. The summed E-state index contributed by atoms with van der Waals surface area (Å²) in [5.41, 5.74) is 3.81. The van der Waals surface area contributed by atoms with E-state index in [9.17, 15) is 15.2 Å². The van der Waals surface area contributed by atoms with E-state index in [4.69, 9.17) is 4.74 Å². The van der Waals surface area contributed by atoms with Gasteiger partial charge in [-0.25, -0.2) is 4.98 Å². The molecule has 1 aromatic carbocycles. The second-order valence-electron chi connectivity index (χ2n) is 7.11. The van der Waals surface area contributed by atoms with Crippen molar-refractivity contribution in [2.45, 2.75) is 67.0 Å². The van der Waals surface area contributed by atoms with Crippen LogP contribution in [-0.4, -0.2) is 21.1 Å². The number of benzene rings is 1. The average Bonchev–Trinajstić information content (AvgIpc) is 2.62. The summed E-state index contributed by atoms with van der Waals surface area (Å²) >= 11 is 0. The molecule has 0 aliphatic rings. The highest BCUT2D eigenvalue weighted by atomic mass is 16.6. The SMILES string of the molecule is CCC(CC)Nc1c(CO)c(C)nc(Oc2c(C)cc(C)cc2C)c1[N+](=O)[O-]. The van der Waals surface area contributed by atoms with Crippen molar-refractivity contribution in [3.63, 3.8) is 0 Å². The highest BCUT2D eigenvalue weighted by molar-refractivity contribution is 5.72. The second-order valence-corrected chi connectivity index (χ2v) is 7.11. The molecule has 7 heteroatoms. The lowest BCUT2D eigenvalue weighted by Gasteiger charge is -2.21. The van der Waals surface area contributed by atoms with Crippen molar-refractivity contribution < 1.29 is 14.8 Å². The summed E-state index contributed by atoms with van der Waals surface area (Å²) in [5, 5.41) is 25.0. The normalized spacial score (nSPS) is 11.0. The van der Waals surface area contributed by atoms with Crippen LogP contribution in [0.4, 0.5) is 11.4 Å². The summed E-state index contributed by atoms with van der Waals surface area (Å²) < 4.78 is 5.98. The molecule has 2 rings (SSSR count). The minimum absolute atomic E-state index is 0.0431. The minimum atomic E-state index is -0.496. The minimum Gasteiger partial charge on any atom is -0.433 e. The first-order valence-corrected chi connectivity index (χ1v) is 9.54. The number of aliphatic hydroxyl groups is 1. The highest BCUT2D eigenvalue weighted by Gasteiger charge is 2.30. The van der Waals surface area contributed by atoms with Crippen LogP contribution >= 0.6 is 0 Å². The number of pyridine rings is 1. The largest absolute Gasteiger partial charge is 0.433 e. The number of aliphatic hydroxyl groups excluding tert-OH is 1. The Labute approximate surface area is 165 Å². The van der Waals surface area contributed by atoms with Crippen molar-refractivity contribution in [1.29, 1.82) is 0 Å². The van der Waals surface area contributed by atoms with Crippen LogP contribution in [0.3, 0.4) is 0 Å². The van der Waals surface area contributed by atoms with Crippen LogP contribution < -0.4 is 10.1 Å². The number of hydrogen-bond donors (Lipinski definition) is 2. The van der Waals surface area contributed by atoms with E-state index in [-0.39, 0.29) is 29.9 Å². The zero-order valence-electron chi connectivity index (χ0n) is 17.4. The fourth-order valence-corrected chi connectivity index (χ4v) is 3.41. The molecule has 0 fully saturated rings. The lowest BCUT2D eigenvalue weighted by molar-refractivity contribution is -0.385. The molecule has 0 unspecified atom stereocenters. The predicted molar refractivity (Wildman–Crippen MR) is 110 cm³/mol. The topological polar surface area (TPSA) is 97.5 Å². The third-order valence-corrected chi connectivity index (χ3v) is 4.93. The molecule has 0 aliphatic carbocycles. The quantitative estimate of drug-likeness (QED) is 0.482. The van der Waals surface area contributed by atoms with E-state index in [1.165, 1.54) is 0 Å². The number of aromatic nitrogens is 1. The molecule has 0 saturated carbocycles. The third kappa shape index (κ3) is 4.42. The van der Waals surface area contributed by atoms with Gasteiger partial charge in [-0.15, -0.1) is 0 Å². The lowest BCUT2D eigenvalue weighted by Crippen LogP contribution is -2.20. The summed E-state index contributed by atoms with van der Waals surface area (Å²) in [6.45, 7) is 11.2. The van der Waals surface area contributed by atoms with E-state index in [0.717, 1.165) is 29.5 Å². The van der Waals surface area contributed by atoms with Crippen LogP contribution in [-0.2, 0) is 6.61 Å². The van der Waals surface area contributed by atoms with E-state index in [1.807, 2.05) is 46.8 Å². The molecule has 2 N–H and O–H groups in total. The molecule has 0 radical (unpaired) electrons. The van der Waals surface area contributed by atoms with Gasteiger partial charge >= 0.3 is 11.6 Å². The molecule has 0 amide bonds. The number of rotatable bonds is 8. The van der Waals surface area contributed by atoms with Gasteiger partial charge in [-0.2, -0.15) is 0 Å². The third-order valence-electron chi connectivity index (χ3n) is 4.93. The monoisotopic (exact) mass is 387 g/mol. The molecular formula is C21H29N3O4. The fraction of sp³-hybridized carbons (Fsp3) is 0.476. The number of ether oxygens (including phenoxy) is 1. The van der Waals surface area contributed by atoms with E-state index < -0.39 is 4.92 Å². The van der Waals surface area contributed by atoms with E-state index in [1.54, 1.807) is 6.92 Å². The molecular weight excluding hydrogens is 358 g/mol. The summed E-state index contributed by atoms with van der Waals surface area (Å²) in [6, 6.07) is 3.97. The Morgan fingerprint density at radius 2 is 1.75 bits per heavy atom. The van der Waals surface area contributed by atoms with Crippen LogP contribution in [0.15, 0.2) is 12.1 Å². The van der Waals surface area contributed by atoms with Gasteiger partial charge in [0, 0.05) is 17.3 Å². The van der Waals surface area contributed by atoms with Crippen molar-refractivity contribution in [1.82, 2.24) is 4.98 Å². The number of nitrogens with zero attached hydrogens (tertiary/aromatic N) is 2. The number of nitrogens with one attached hydrogen (secondary N) is 1. The zero-order valence-corrected chi connectivity index (χ0v) is 17.4. The van der Waals surface area contributed by atoms with Crippen molar-refractivity contribution in [3.8, 4) is 11.6 Å². The van der Waals surface area contributed by atoms with Crippen molar-refractivity contribution >= 4 is 11.4 Å². The summed E-state index contributed by atoms with van der Waals surface area (Å²) in [5.74, 6) is 0.494. The molecule has 7 nitrogen and oxygen atoms in total. The van der Waals surface area contributed by atoms with E-state index in [2.05, 4.69) is 10.3 Å². The molecule has 0 bridgehead atoms. The average molecular weight is 387 g/mol. The van der Waals surface area contributed by atoms with Gasteiger partial charge in [-0.05, 0) is 51.7 Å².